The molecule has 9 heavy (non-hydrogen) atoms. The highest BCUT2D eigenvalue weighted by Gasteiger charge is 2.09. The lowest BCUT2D eigenvalue weighted by Gasteiger charge is -1.92. The van der Waals surface area contributed by atoms with Gasteiger partial charge < -0.3 is 10.0 Å². The third-order valence-corrected chi connectivity index (χ3v) is 0.896. The molecule has 2 N–H and O–H groups in total. The van der Waals surface area contributed by atoms with Crippen molar-refractivity contribution in [3.63, 3.8) is 0 Å². The number of hydrogen-bond acceptors (Lipinski definition) is 3. The molecule has 1 aromatic heterocycles. The van der Waals surface area contributed by atoms with Crippen molar-refractivity contribution in [1.82, 2.24) is 4.98 Å². The van der Waals surface area contributed by atoms with Crippen LogP contribution >= 0.6 is 0 Å². The SMILES string of the molecule is OB(O)c1ccc[c]n1. The Morgan fingerprint density at radius 2 is 2.33 bits per heavy atom. The zero-order chi connectivity index (χ0) is 6.69. The minimum Gasteiger partial charge on any atom is -0.422 e. The highest BCUT2D eigenvalue weighted by atomic mass is 16.4. The Labute approximate surface area is 53.1 Å². The van der Waals surface area contributed by atoms with Crippen LogP contribution in [0.4, 0.5) is 0 Å². The van der Waals surface area contributed by atoms with Crippen molar-refractivity contribution < 1.29 is 10.0 Å². The molecule has 0 bridgehead atoms. The maximum atomic E-state index is 8.50. The second kappa shape index (κ2) is 2.61. The van der Waals surface area contributed by atoms with E-state index in [9.17, 15) is 0 Å². The topological polar surface area (TPSA) is 53.4 Å². The summed E-state index contributed by atoms with van der Waals surface area (Å²) in [5.74, 6) is 0. The van der Waals surface area contributed by atoms with Crippen LogP contribution in [0.3, 0.4) is 0 Å². The van der Waals surface area contributed by atoms with E-state index >= 15 is 0 Å². The number of hydrogen-bond donors (Lipinski definition) is 2. The van der Waals surface area contributed by atoms with Gasteiger partial charge in [-0.1, -0.05) is 6.07 Å². The standard InChI is InChI=1S/C5H5BNO2/c8-6(9)5-3-1-2-4-7-5/h1-3,8-9H. The summed E-state index contributed by atoms with van der Waals surface area (Å²) in [5.41, 5.74) is 0.220. The maximum absolute atomic E-state index is 8.50. The molecule has 0 fully saturated rings. The first-order valence-electron chi connectivity index (χ1n) is 2.50. The van der Waals surface area contributed by atoms with Crippen molar-refractivity contribution >= 4 is 12.7 Å². The maximum Gasteiger partial charge on any atom is 0.508 e. The Morgan fingerprint density at radius 1 is 1.56 bits per heavy atom. The van der Waals surface area contributed by atoms with Crippen molar-refractivity contribution in [2.24, 2.45) is 0 Å². The van der Waals surface area contributed by atoms with Gasteiger partial charge in [0, 0.05) is 0 Å². The van der Waals surface area contributed by atoms with Crippen LogP contribution in [0.5, 0.6) is 0 Å². The third-order valence-electron chi connectivity index (χ3n) is 0.896. The Balaban J connectivity index is 2.85. The van der Waals surface area contributed by atoms with Crippen LogP contribution in [0.1, 0.15) is 0 Å². The molecular formula is C5H5BNO2. The van der Waals surface area contributed by atoms with Crippen LogP contribution in [-0.2, 0) is 0 Å². The van der Waals surface area contributed by atoms with E-state index in [0.29, 0.717) is 0 Å². The van der Waals surface area contributed by atoms with Crippen molar-refractivity contribution in [2.45, 2.75) is 0 Å². The lowest BCUT2D eigenvalue weighted by Crippen LogP contribution is -2.32. The summed E-state index contributed by atoms with van der Waals surface area (Å²) < 4.78 is 0. The molecule has 0 atom stereocenters. The van der Waals surface area contributed by atoms with Crippen molar-refractivity contribution in [1.29, 1.82) is 0 Å². The lowest BCUT2D eigenvalue weighted by atomic mass is 9.86. The molecule has 1 radical (unpaired) electrons. The summed E-state index contributed by atoms with van der Waals surface area (Å²) in [5, 5.41) is 17.0. The first-order valence-corrected chi connectivity index (χ1v) is 2.50. The van der Waals surface area contributed by atoms with Gasteiger partial charge in [-0.15, -0.1) is 0 Å². The molecule has 45 valence electrons. The molecule has 3 nitrogen and oxygen atoms in total. The van der Waals surface area contributed by atoms with E-state index in [2.05, 4.69) is 11.2 Å². The van der Waals surface area contributed by atoms with Crippen molar-refractivity contribution in [2.75, 3.05) is 0 Å². The van der Waals surface area contributed by atoms with Crippen LogP contribution in [0.2, 0.25) is 0 Å². The van der Waals surface area contributed by atoms with Gasteiger partial charge in [0.1, 0.15) is 0 Å². The summed E-state index contributed by atoms with van der Waals surface area (Å²) in [4.78, 5) is 3.55. The molecular weight excluding hydrogens is 117 g/mol. The van der Waals surface area contributed by atoms with Gasteiger partial charge >= 0.3 is 7.12 Å². The van der Waals surface area contributed by atoms with Gasteiger partial charge in [-0.05, 0) is 12.1 Å². The summed E-state index contributed by atoms with van der Waals surface area (Å²) in [6, 6.07) is 4.74. The molecule has 0 aromatic carbocycles. The fraction of sp³-hybridized carbons (Fsp3) is 0. The number of rotatable bonds is 1. The van der Waals surface area contributed by atoms with Crippen LogP contribution in [-0.4, -0.2) is 22.2 Å². The molecule has 1 heterocycles. The number of pyridine rings is 1. The molecule has 0 aliphatic rings. The Bertz CT molecular complexity index is 178. The Kier molecular flexibility index (Phi) is 1.82. The smallest absolute Gasteiger partial charge is 0.422 e. The predicted molar refractivity (Wildman–Crippen MR) is 32.9 cm³/mol. The molecule has 0 unspecified atom stereocenters. The van der Waals surface area contributed by atoms with Crippen molar-refractivity contribution in [3.8, 4) is 0 Å². The zero-order valence-electron chi connectivity index (χ0n) is 4.65. The van der Waals surface area contributed by atoms with Crippen LogP contribution < -0.4 is 5.59 Å². The van der Waals surface area contributed by atoms with Crippen LogP contribution in [0.15, 0.2) is 18.2 Å². The van der Waals surface area contributed by atoms with Gasteiger partial charge in [-0.25, -0.2) is 0 Å². The molecule has 0 amide bonds. The second-order valence-electron chi connectivity index (χ2n) is 1.57. The normalized spacial score (nSPS) is 9.11. The number of aromatic nitrogens is 1. The summed E-state index contributed by atoms with van der Waals surface area (Å²) >= 11 is 0. The second-order valence-corrected chi connectivity index (χ2v) is 1.57. The molecule has 1 aromatic rings. The fourth-order valence-electron chi connectivity index (χ4n) is 0.483. The zero-order valence-corrected chi connectivity index (χ0v) is 4.65. The van der Waals surface area contributed by atoms with Gasteiger partial charge in [0.25, 0.3) is 0 Å². The monoisotopic (exact) mass is 122 g/mol. The van der Waals surface area contributed by atoms with E-state index in [-0.39, 0.29) is 5.59 Å². The minimum atomic E-state index is -1.48. The van der Waals surface area contributed by atoms with Crippen molar-refractivity contribution in [3.05, 3.63) is 24.4 Å². The van der Waals surface area contributed by atoms with Gasteiger partial charge in [0.05, 0.1) is 11.8 Å². The van der Waals surface area contributed by atoms with E-state index in [1.165, 1.54) is 6.07 Å². The van der Waals surface area contributed by atoms with E-state index < -0.39 is 7.12 Å². The van der Waals surface area contributed by atoms with Gasteiger partial charge in [0.15, 0.2) is 0 Å². The molecule has 0 aliphatic heterocycles. The molecule has 0 spiro atoms. The van der Waals surface area contributed by atoms with E-state index in [0.717, 1.165) is 0 Å². The first-order chi connectivity index (χ1) is 4.30. The average molecular weight is 122 g/mol. The average Bonchev–Trinajstić information content (AvgIpc) is 1.90. The first kappa shape index (κ1) is 6.26. The van der Waals surface area contributed by atoms with Crippen LogP contribution in [0.25, 0.3) is 0 Å². The van der Waals surface area contributed by atoms with Gasteiger partial charge in [-0.2, -0.15) is 0 Å². The van der Waals surface area contributed by atoms with E-state index in [1.54, 1.807) is 12.1 Å². The highest BCUT2D eigenvalue weighted by Crippen LogP contribution is 1.75. The Hall–Kier alpha value is -0.865. The highest BCUT2D eigenvalue weighted by molar-refractivity contribution is 6.57. The molecule has 1 rings (SSSR count). The molecule has 0 saturated carbocycles. The van der Waals surface area contributed by atoms with E-state index in [4.69, 9.17) is 10.0 Å². The third kappa shape index (κ3) is 1.52. The minimum absolute atomic E-state index is 0.220. The fourth-order valence-corrected chi connectivity index (χ4v) is 0.483. The molecule has 4 heteroatoms. The predicted octanol–water partition coefficient (Wildman–Crippen LogP) is -1.44. The Morgan fingerprint density at radius 3 is 2.67 bits per heavy atom. The van der Waals surface area contributed by atoms with Gasteiger partial charge in [0.2, 0.25) is 0 Å². The molecule has 0 aliphatic carbocycles. The van der Waals surface area contributed by atoms with E-state index in [1.807, 2.05) is 0 Å². The summed E-state index contributed by atoms with van der Waals surface area (Å²) in [6.45, 7) is 0. The lowest BCUT2D eigenvalue weighted by molar-refractivity contribution is 0.424. The summed E-state index contributed by atoms with van der Waals surface area (Å²) in [7, 11) is -1.48. The summed E-state index contributed by atoms with van der Waals surface area (Å²) in [6.07, 6.45) is 2.47. The van der Waals surface area contributed by atoms with Gasteiger partial charge in [-0.3, -0.25) is 4.98 Å². The quantitative estimate of drug-likeness (QED) is 0.448. The largest absolute Gasteiger partial charge is 0.508 e. The number of nitrogens with zero attached hydrogens (tertiary/aromatic N) is 1. The van der Waals surface area contributed by atoms with Crippen LogP contribution in [0, 0.1) is 6.20 Å². The molecule has 0 saturated heterocycles.